The fourth-order valence-electron chi connectivity index (χ4n) is 1.99. The number of hydrogen-bond acceptors (Lipinski definition) is 5. The van der Waals surface area contributed by atoms with E-state index in [1.54, 1.807) is 23.7 Å². The summed E-state index contributed by atoms with van der Waals surface area (Å²) in [6, 6.07) is 4.95. The summed E-state index contributed by atoms with van der Waals surface area (Å²) in [4.78, 5) is 23.4. The number of nitro benzene ring substituents is 1. The Labute approximate surface area is 119 Å². The lowest BCUT2D eigenvalue weighted by molar-refractivity contribution is -0.384. The van der Waals surface area contributed by atoms with Crippen molar-refractivity contribution < 1.29 is 4.92 Å². The van der Waals surface area contributed by atoms with Gasteiger partial charge in [-0.3, -0.25) is 19.5 Å². The number of aryl methyl sites for hydroxylation is 1. The molecule has 2 rings (SSSR count). The fourth-order valence-corrected chi connectivity index (χ4v) is 2.82. The van der Waals surface area contributed by atoms with E-state index in [1.807, 2.05) is 13.8 Å². The minimum atomic E-state index is -0.427. The predicted octanol–water partition coefficient (Wildman–Crippen LogP) is 2.52. The molecule has 0 bridgehead atoms. The van der Waals surface area contributed by atoms with E-state index < -0.39 is 4.92 Å². The van der Waals surface area contributed by atoms with Crippen LogP contribution in [0, 0.1) is 24.0 Å². The van der Waals surface area contributed by atoms with Gasteiger partial charge in [0.2, 0.25) is 0 Å². The second-order valence-corrected chi connectivity index (χ2v) is 5.62. The Hall–Kier alpha value is -2.15. The van der Waals surface area contributed by atoms with Gasteiger partial charge in [0.15, 0.2) is 0 Å². The molecule has 106 valence electrons. The number of thiazole rings is 1. The molecule has 1 heterocycles. The number of anilines is 1. The van der Waals surface area contributed by atoms with E-state index in [-0.39, 0.29) is 10.6 Å². The molecule has 2 aromatic rings. The van der Waals surface area contributed by atoms with E-state index in [4.69, 9.17) is 0 Å². The first-order chi connectivity index (χ1) is 9.43. The number of aromatic nitrogens is 1. The molecule has 7 heteroatoms. The molecule has 20 heavy (non-hydrogen) atoms. The highest BCUT2D eigenvalue weighted by molar-refractivity contribution is 7.09. The Morgan fingerprint density at radius 1 is 1.40 bits per heavy atom. The van der Waals surface area contributed by atoms with Crippen molar-refractivity contribution in [3.8, 4) is 0 Å². The normalized spacial score (nSPS) is 10.6. The third-order valence-electron chi connectivity index (χ3n) is 3.24. The summed E-state index contributed by atoms with van der Waals surface area (Å²) in [5, 5.41) is 13.8. The van der Waals surface area contributed by atoms with Gasteiger partial charge in [0.25, 0.3) is 5.69 Å². The Morgan fingerprint density at radius 2 is 2.10 bits per heavy atom. The SMILES string of the molecule is CNc1ccc(Cn2c(C)c(C)sc2=O)cc1[N+](=O)[O-]. The minimum absolute atomic E-state index is 0.0163. The summed E-state index contributed by atoms with van der Waals surface area (Å²) in [5.41, 5.74) is 2.12. The number of nitrogens with zero attached hydrogens (tertiary/aromatic N) is 2. The second kappa shape index (κ2) is 5.46. The van der Waals surface area contributed by atoms with Crippen molar-refractivity contribution in [2.45, 2.75) is 20.4 Å². The number of benzene rings is 1. The maximum absolute atomic E-state index is 11.8. The molecule has 1 aromatic carbocycles. The monoisotopic (exact) mass is 293 g/mol. The van der Waals surface area contributed by atoms with Gasteiger partial charge in [-0.25, -0.2) is 0 Å². The van der Waals surface area contributed by atoms with Gasteiger partial charge >= 0.3 is 4.87 Å². The summed E-state index contributed by atoms with van der Waals surface area (Å²) in [6.45, 7) is 4.12. The van der Waals surface area contributed by atoms with Gasteiger partial charge in [0, 0.05) is 23.7 Å². The Balaban J connectivity index is 2.42. The van der Waals surface area contributed by atoms with Gasteiger partial charge < -0.3 is 5.32 Å². The predicted molar refractivity (Wildman–Crippen MR) is 79.8 cm³/mol. The molecule has 1 aromatic heterocycles. The number of rotatable bonds is 4. The molecule has 0 fully saturated rings. The molecule has 6 nitrogen and oxygen atoms in total. The molecule has 0 spiro atoms. The average Bonchev–Trinajstić information content (AvgIpc) is 2.65. The Bertz CT molecular complexity index is 718. The first kappa shape index (κ1) is 14.3. The summed E-state index contributed by atoms with van der Waals surface area (Å²) < 4.78 is 1.64. The van der Waals surface area contributed by atoms with Gasteiger partial charge in [0.1, 0.15) is 5.69 Å². The third-order valence-corrected chi connectivity index (χ3v) is 4.24. The molecule has 0 aliphatic heterocycles. The van der Waals surface area contributed by atoms with Gasteiger partial charge in [0.05, 0.1) is 11.5 Å². The highest BCUT2D eigenvalue weighted by Crippen LogP contribution is 2.25. The van der Waals surface area contributed by atoms with Gasteiger partial charge in [-0.05, 0) is 25.5 Å². The largest absolute Gasteiger partial charge is 0.383 e. The van der Waals surface area contributed by atoms with Crippen LogP contribution < -0.4 is 10.2 Å². The second-order valence-electron chi connectivity index (χ2n) is 4.45. The van der Waals surface area contributed by atoms with E-state index in [0.29, 0.717) is 12.2 Å². The lowest BCUT2D eigenvalue weighted by Gasteiger charge is -2.07. The summed E-state index contributed by atoms with van der Waals surface area (Å²) >= 11 is 1.19. The van der Waals surface area contributed by atoms with E-state index in [9.17, 15) is 14.9 Å². The van der Waals surface area contributed by atoms with E-state index in [2.05, 4.69) is 5.32 Å². The zero-order chi connectivity index (χ0) is 14.9. The van der Waals surface area contributed by atoms with Crippen LogP contribution in [0.3, 0.4) is 0 Å². The van der Waals surface area contributed by atoms with Crippen molar-refractivity contribution in [3.05, 3.63) is 54.1 Å². The topological polar surface area (TPSA) is 77.2 Å². The number of hydrogen-bond donors (Lipinski definition) is 1. The van der Waals surface area contributed by atoms with Gasteiger partial charge in [-0.2, -0.15) is 0 Å². The fraction of sp³-hybridized carbons (Fsp3) is 0.308. The molecule has 0 aliphatic rings. The minimum Gasteiger partial charge on any atom is -0.383 e. The standard InChI is InChI=1S/C13H15N3O3S/c1-8-9(2)20-13(17)15(8)7-10-4-5-11(14-3)12(6-10)16(18)19/h4-6,14H,7H2,1-3H3. The van der Waals surface area contributed by atoms with E-state index in [0.717, 1.165) is 16.1 Å². The molecule has 0 radical (unpaired) electrons. The van der Waals surface area contributed by atoms with Crippen LogP contribution in [0.25, 0.3) is 0 Å². The van der Waals surface area contributed by atoms with E-state index in [1.165, 1.54) is 17.4 Å². The van der Waals surface area contributed by atoms with Crippen LogP contribution in [0.5, 0.6) is 0 Å². The summed E-state index contributed by atoms with van der Waals surface area (Å²) in [6.07, 6.45) is 0. The van der Waals surface area contributed by atoms with Crippen LogP contribution in [-0.2, 0) is 6.54 Å². The molecule has 1 N–H and O–H groups in total. The van der Waals surface area contributed by atoms with Crippen molar-refractivity contribution in [1.29, 1.82) is 0 Å². The van der Waals surface area contributed by atoms with E-state index >= 15 is 0 Å². The Morgan fingerprint density at radius 3 is 2.60 bits per heavy atom. The third kappa shape index (κ3) is 2.57. The maximum atomic E-state index is 11.8. The van der Waals surface area contributed by atoms with Crippen molar-refractivity contribution in [1.82, 2.24) is 4.57 Å². The average molecular weight is 293 g/mol. The molecular weight excluding hydrogens is 278 g/mol. The molecule has 0 aliphatic carbocycles. The van der Waals surface area contributed by atoms with Crippen LogP contribution in [-0.4, -0.2) is 16.5 Å². The highest BCUT2D eigenvalue weighted by Gasteiger charge is 2.15. The van der Waals surface area contributed by atoms with Crippen molar-refractivity contribution in [2.75, 3.05) is 12.4 Å². The molecule has 0 saturated carbocycles. The lowest BCUT2D eigenvalue weighted by Crippen LogP contribution is -2.15. The van der Waals surface area contributed by atoms with Crippen LogP contribution in [0.1, 0.15) is 16.1 Å². The zero-order valence-electron chi connectivity index (χ0n) is 11.5. The quantitative estimate of drug-likeness (QED) is 0.694. The number of nitrogens with one attached hydrogen (secondary N) is 1. The molecule has 0 amide bonds. The zero-order valence-corrected chi connectivity index (χ0v) is 12.3. The first-order valence-electron chi connectivity index (χ1n) is 6.06. The van der Waals surface area contributed by atoms with Crippen LogP contribution in [0.4, 0.5) is 11.4 Å². The Kier molecular flexibility index (Phi) is 3.89. The maximum Gasteiger partial charge on any atom is 0.307 e. The summed E-state index contributed by atoms with van der Waals surface area (Å²) in [7, 11) is 1.64. The molecule has 0 atom stereocenters. The van der Waals surface area contributed by atoms with Crippen molar-refractivity contribution in [2.24, 2.45) is 0 Å². The van der Waals surface area contributed by atoms with Crippen LogP contribution in [0.15, 0.2) is 23.0 Å². The first-order valence-corrected chi connectivity index (χ1v) is 6.87. The van der Waals surface area contributed by atoms with Crippen LogP contribution in [0.2, 0.25) is 0 Å². The lowest BCUT2D eigenvalue weighted by atomic mass is 10.1. The highest BCUT2D eigenvalue weighted by atomic mass is 32.1. The summed E-state index contributed by atoms with van der Waals surface area (Å²) in [5.74, 6) is 0. The van der Waals surface area contributed by atoms with Gasteiger partial charge in [-0.15, -0.1) is 0 Å². The van der Waals surface area contributed by atoms with Crippen molar-refractivity contribution in [3.63, 3.8) is 0 Å². The van der Waals surface area contributed by atoms with Gasteiger partial charge in [-0.1, -0.05) is 17.4 Å². The van der Waals surface area contributed by atoms with Crippen molar-refractivity contribution >= 4 is 22.7 Å². The van der Waals surface area contributed by atoms with Crippen LogP contribution >= 0.6 is 11.3 Å². The molecule has 0 unspecified atom stereocenters. The smallest absolute Gasteiger partial charge is 0.307 e. The molecular formula is C13H15N3O3S. The molecule has 0 saturated heterocycles. The number of nitro groups is 1.